The largest absolute Gasteiger partial charge is 0.487 e. The third-order valence-electron chi connectivity index (χ3n) is 4.01. The lowest BCUT2D eigenvalue weighted by Gasteiger charge is -2.39. The van der Waals surface area contributed by atoms with Gasteiger partial charge in [-0.15, -0.1) is 0 Å². The van der Waals surface area contributed by atoms with E-state index in [-0.39, 0.29) is 17.8 Å². The zero-order chi connectivity index (χ0) is 15.7. The number of hydrogen-bond acceptors (Lipinski definition) is 2. The molecule has 1 aliphatic rings. The van der Waals surface area contributed by atoms with Crippen molar-refractivity contribution in [1.82, 2.24) is 4.90 Å². The molecule has 0 aliphatic carbocycles. The van der Waals surface area contributed by atoms with Crippen molar-refractivity contribution in [3.8, 4) is 5.75 Å². The van der Waals surface area contributed by atoms with Crippen LogP contribution in [0, 0.1) is 19.7 Å². The van der Waals surface area contributed by atoms with Crippen molar-refractivity contribution in [3.05, 3.63) is 65.0 Å². The van der Waals surface area contributed by atoms with E-state index in [1.54, 1.807) is 4.90 Å². The minimum atomic E-state index is -0.337. The second-order valence-electron chi connectivity index (χ2n) is 5.70. The van der Waals surface area contributed by atoms with Crippen molar-refractivity contribution in [1.29, 1.82) is 0 Å². The Morgan fingerprint density at radius 3 is 2.41 bits per heavy atom. The third kappa shape index (κ3) is 2.96. The average Bonchev–Trinajstić information content (AvgIpc) is 2.46. The third-order valence-corrected chi connectivity index (χ3v) is 4.01. The van der Waals surface area contributed by atoms with E-state index >= 15 is 0 Å². The molecule has 2 aromatic rings. The van der Waals surface area contributed by atoms with Crippen molar-refractivity contribution in [2.75, 3.05) is 13.1 Å². The number of nitrogens with zero attached hydrogens (tertiary/aromatic N) is 1. The van der Waals surface area contributed by atoms with Gasteiger partial charge in [0.2, 0.25) is 0 Å². The second kappa shape index (κ2) is 5.79. The second-order valence-corrected chi connectivity index (χ2v) is 5.70. The van der Waals surface area contributed by atoms with Crippen molar-refractivity contribution < 1.29 is 13.9 Å². The number of halogens is 1. The lowest BCUT2D eigenvalue weighted by molar-refractivity contribution is 0.0177. The zero-order valence-corrected chi connectivity index (χ0v) is 12.7. The maximum Gasteiger partial charge on any atom is 0.254 e. The monoisotopic (exact) mass is 299 g/mol. The minimum absolute atomic E-state index is 0.0199. The van der Waals surface area contributed by atoms with Crippen LogP contribution in [0.2, 0.25) is 0 Å². The topological polar surface area (TPSA) is 29.5 Å². The zero-order valence-electron chi connectivity index (χ0n) is 12.7. The molecule has 1 fully saturated rings. The fraction of sp³-hybridized carbons (Fsp3) is 0.278. The van der Waals surface area contributed by atoms with Gasteiger partial charge in [0.15, 0.2) is 0 Å². The molecule has 1 heterocycles. The van der Waals surface area contributed by atoms with Gasteiger partial charge in [-0.05, 0) is 61.4 Å². The molecule has 0 spiro atoms. The maximum atomic E-state index is 12.9. The number of benzene rings is 2. The summed E-state index contributed by atoms with van der Waals surface area (Å²) < 4.78 is 18.7. The first-order chi connectivity index (χ1) is 10.5. The van der Waals surface area contributed by atoms with Crippen molar-refractivity contribution in [2.45, 2.75) is 20.0 Å². The van der Waals surface area contributed by atoms with Crippen molar-refractivity contribution in [3.63, 3.8) is 0 Å². The SMILES string of the molecule is Cc1ccc(OC2CN(C(=O)c3ccc(F)cc3)C2)cc1C. The molecule has 1 saturated heterocycles. The molecule has 0 atom stereocenters. The first-order valence-electron chi connectivity index (χ1n) is 7.31. The molecule has 1 aliphatic heterocycles. The van der Waals surface area contributed by atoms with Crippen molar-refractivity contribution in [2.24, 2.45) is 0 Å². The number of likely N-dealkylation sites (tertiary alicyclic amines) is 1. The lowest BCUT2D eigenvalue weighted by Crippen LogP contribution is -2.56. The highest BCUT2D eigenvalue weighted by Gasteiger charge is 2.32. The summed E-state index contributed by atoms with van der Waals surface area (Å²) in [5.41, 5.74) is 2.93. The first kappa shape index (κ1) is 14.6. The summed E-state index contributed by atoms with van der Waals surface area (Å²) in [7, 11) is 0. The highest BCUT2D eigenvalue weighted by Crippen LogP contribution is 2.22. The Kier molecular flexibility index (Phi) is 3.84. The maximum absolute atomic E-state index is 12.9. The Morgan fingerprint density at radius 1 is 1.09 bits per heavy atom. The highest BCUT2D eigenvalue weighted by atomic mass is 19.1. The molecule has 3 rings (SSSR count). The number of amides is 1. The number of ether oxygens (including phenoxy) is 1. The molecule has 0 bridgehead atoms. The van der Waals surface area contributed by atoms with Gasteiger partial charge < -0.3 is 9.64 Å². The van der Waals surface area contributed by atoms with Gasteiger partial charge in [0.25, 0.3) is 5.91 Å². The molecule has 3 nitrogen and oxygen atoms in total. The number of rotatable bonds is 3. The smallest absolute Gasteiger partial charge is 0.254 e. The fourth-order valence-electron chi connectivity index (χ4n) is 2.43. The quantitative estimate of drug-likeness (QED) is 0.870. The minimum Gasteiger partial charge on any atom is -0.487 e. The fourth-order valence-corrected chi connectivity index (χ4v) is 2.43. The van der Waals surface area contributed by atoms with E-state index in [0.717, 1.165) is 5.75 Å². The summed E-state index contributed by atoms with van der Waals surface area (Å²) in [5, 5.41) is 0. The summed E-state index contributed by atoms with van der Waals surface area (Å²) in [4.78, 5) is 13.9. The van der Waals surface area contributed by atoms with E-state index in [1.807, 2.05) is 25.1 Å². The lowest BCUT2D eigenvalue weighted by atomic mass is 10.1. The normalized spacial score (nSPS) is 14.6. The van der Waals surface area contributed by atoms with Crippen molar-refractivity contribution >= 4 is 5.91 Å². The summed E-state index contributed by atoms with van der Waals surface area (Å²) in [6.45, 7) is 5.23. The van der Waals surface area contributed by atoms with E-state index in [4.69, 9.17) is 4.74 Å². The van der Waals surface area contributed by atoms with Crippen LogP contribution >= 0.6 is 0 Å². The molecule has 114 valence electrons. The van der Waals surface area contributed by atoms with E-state index in [9.17, 15) is 9.18 Å². The van der Waals surface area contributed by atoms with Gasteiger partial charge >= 0.3 is 0 Å². The average molecular weight is 299 g/mol. The summed E-state index contributed by atoms with van der Waals surface area (Å²) in [6.07, 6.45) is 0.0199. The van der Waals surface area contributed by atoms with Crippen LogP contribution < -0.4 is 4.74 Å². The first-order valence-corrected chi connectivity index (χ1v) is 7.31. The number of aryl methyl sites for hydroxylation is 2. The van der Waals surface area contributed by atoms with E-state index in [2.05, 4.69) is 6.92 Å². The van der Waals surface area contributed by atoms with E-state index in [1.165, 1.54) is 35.4 Å². The van der Waals surface area contributed by atoms with Gasteiger partial charge in [0, 0.05) is 5.56 Å². The van der Waals surface area contributed by atoms with Gasteiger partial charge in [-0.2, -0.15) is 0 Å². The molecule has 22 heavy (non-hydrogen) atoms. The molecule has 0 aromatic heterocycles. The van der Waals surface area contributed by atoms with Gasteiger partial charge in [0.05, 0.1) is 13.1 Å². The molecular weight excluding hydrogens is 281 g/mol. The molecule has 0 unspecified atom stereocenters. The van der Waals surface area contributed by atoms with Crippen LogP contribution in [0.25, 0.3) is 0 Å². The Morgan fingerprint density at radius 2 is 1.77 bits per heavy atom. The summed E-state index contributed by atoms with van der Waals surface area (Å²) in [5.74, 6) is 0.415. The van der Waals surface area contributed by atoms with Crippen LogP contribution in [0.3, 0.4) is 0 Å². The predicted octanol–water partition coefficient (Wildman–Crippen LogP) is 3.35. The van der Waals surface area contributed by atoms with Gasteiger partial charge in [-0.25, -0.2) is 4.39 Å². The van der Waals surface area contributed by atoms with Crippen LogP contribution in [0.4, 0.5) is 4.39 Å². The molecule has 2 aromatic carbocycles. The molecule has 0 saturated carbocycles. The van der Waals surface area contributed by atoms with E-state index in [0.29, 0.717) is 18.7 Å². The van der Waals surface area contributed by atoms with Gasteiger partial charge in [-0.1, -0.05) is 6.07 Å². The van der Waals surface area contributed by atoms with Crippen LogP contribution in [0.5, 0.6) is 5.75 Å². The van der Waals surface area contributed by atoms with Gasteiger partial charge in [-0.3, -0.25) is 4.79 Å². The standard InChI is InChI=1S/C18H18FNO2/c1-12-3-8-16(9-13(12)2)22-17-10-20(11-17)18(21)14-4-6-15(19)7-5-14/h3-9,17H,10-11H2,1-2H3. The van der Waals surface area contributed by atoms with Crippen LogP contribution in [0.15, 0.2) is 42.5 Å². The predicted molar refractivity (Wildman–Crippen MR) is 82.6 cm³/mol. The summed E-state index contributed by atoms with van der Waals surface area (Å²) in [6, 6.07) is 11.6. The molecule has 4 heteroatoms. The highest BCUT2D eigenvalue weighted by molar-refractivity contribution is 5.94. The molecule has 0 radical (unpaired) electrons. The number of carbonyl (C=O) groups excluding carboxylic acids is 1. The number of carbonyl (C=O) groups is 1. The van der Waals surface area contributed by atoms with E-state index < -0.39 is 0 Å². The number of hydrogen-bond donors (Lipinski definition) is 0. The molecular formula is C18H18FNO2. The van der Waals surface area contributed by atoms with Crippen LogP contribution in [0.1, 0.15) is 21.5 Å². The summed E-state index contributed by atoms with van der Waals surface area (Å²) >= 11 is 0. The van der Waals surface area contributed by atoms with Gasteiger partial charge in [0.1, 0.15) is 17.7 Å². The van der Waals surface area contributed by atoms with Crippen LogP contribution in [-0.2, 0) is 0 Å². The molecule has 1 amide bonds. The Bertz CT molecular complexity index is 691. The Labute approximate surface area is 129 Å². The Hall–Kier alpha value is -2.36. The Balaban J connectivity index is 1.56. The van der Waals surface area contributed by atoms with Crippen LogP contribution in [-0.4, -0.2) is 30.0 Å². The molecule has 0 N–H and O–H groups in total.